The van der Waals surface area contributed by atoms with Crippen LogP contribution in [0.25, 0.3) is 88.4 Å². The lowest BCUT2D eigenvalue weighted by molar-refractivity contribution is 0.723. The summed E-state index contributed by atoms with van der Waals surface area (Å²) in [6.07, 6.45) is 0. The summed E-state index contributed by atoms with van der Waals surface area (Å²) in [4.78, 5) is 18.7. The quantitative estimate of drug-likeness (QED) is 0.167. The lowest BCUT2D eigenvalue weighted by Gasteiger charge is -2.39. The number of hydrogen-bond acceptors (Lipinski definition) is 4. The predicted molar refractivity (Wildman–Crippen MR) is 248 cm³/mol. The van der Waals surface area contributed by atoms with E-state index in [-0.39, 0.29) is 0 Å². The summed E-state index contributed by atoms with van der Waals surface area (Å²) in [6, 6.07) is 72.4. The molecule has 2 aliphatic rings. The Morgan fingerprint density at radius 1 is 0.383 bits per heavy atom. The molecule has 1 aliphatic heterocycles. The van der Waals surface area contributed by atoms with Crippen LogP contribution in [0, 0.1) is 0 Å². The zero-order valence-corrected chi connectivity index (χ0v) is 33.1. The fraction of sp³-hybridized carbons (Fsp3) is 0.0179. The van der Waals surface area contributed by atoms with Gasteiger partial charge >= 0.3 is 0 Å². The van der Waals surface area contributed by atoms with Gasteiger partial charge < -0.3 is 0 Å². The fourth-order valence-electron chi connectivity index (χ4n) is 10.1. The first kappa shape index (κ1) is 33.6. The minimum atomic E-state index is -0.464. The van der Waals surface area contributed by atoms with Crippen LogP contribution in [-0.4, -0.2) is 15.0 Å². The normalized spacial score (nSPS) is 13.4. The summed E-state index contributed by atoms with van der Waals surface area (Å²) < 4.78 is 0. The summed E-state index contributed by atoms with van der Waals surface area (Å²) in [6.45, 7) is 0. The average Bonchev–Trinajstić information content (AvgIpc) is 3.62. The van der Waals surface area contributed by atoms with Gasteiger partial charge in [-0.2, -0.15) is 0 Å². The molecule has 1 aliphatic carbocycles. The Balaban J connectivity index is 1.06. The van der Waals surface area contributed by atoms with E-state index in [4.69, 9.17) is 15.0 Å². The Bertz CT molecular complexity index is 3530. The van der Waals surface area contributed by atoms with Crippen LogP contribution in [0.5, 0.6) is 0 Å². The monoisotopic (exact) mass is 779 g/mol. The highest BCUT2D eigenvalue weighted by Crippen LogP contribution is 2.63. The Kier molecular flexibility index (Phi) is 7.16. The summed E-state index contributed by atoms with van der Waals surface area (Å²) >= 11 is 1.88. The second-order valence-corrected chi connectivity index (χ2v) is 16.9. The Morgan fingerprint density at radius 3 is 1.62 bits per heavy atom. The van der Waals surface area contributed by atoms with Crippen LogP contribution in [0.2, 0.25) is 0 Å². The van der Waals surface area contributed by atoms with Crippen LogP contribution in [0.15, 0.2) is 210 Å². The van der Waals surface area contributed by atoms with Crippen molar-refractivity contribution in [1.82, 2.24) is 15.0 Å². The molecule has 278 valence electrons. The van der Waals surface area contributed by atoms with Gasteiger partial charge in [-0.3, -0.25) is 0 Å². The summed E-state index contributed by atoms with van der Waals surface area (Å²) in [5, 5.41) is 5.63. The van der Waals surface area contributed by atoms with Gasteiger partial charge in [0.2, 0.25) is 0 Å². The van der Waals surface area contributed by atoms with Crippen LogP contribution in [-0.2, 0) is 5.41 Å². The molecular formula is C56H33N3S. The van der Waals surface area contributed by atoms with Crippen molar-refractivity contribution in [2.24, 2.45) is 0 Å². The third-order valence-electron chi connectivity index (χ3n) is 12.7. The third kappa shape index (κ3) is 4.71. The largest absolute Gasteiger partial charge is 0.247 e. The van der Waals surface area contributed by atoms with E-state index < -0.39 is 5.41 Å². The van der Waals surface area contributed by atoms with Crippen LogP contribution in [0.3, 0.4) is 0 Å². The standard InChI is InChI=1S/C56H33N3S/c1-3-13-34(14-4-1)46-31-26-36-23-24-37-27-32-47(58-55(37)54(36)57-46)38-25-28-39-40-29-30-45-51(52(40)53(59-48(39)33-38)35-15-5-2-6-16-35)41-17-7-8-18-42(41)56(45)43-19-9-11-21-49(43)60-50-22-12-10-20-44(50)56/h1-33H. The zero-order valence-electron chi connectivity index (χ0n) is 32.3. The molecule has 3 aromatic heterocycles. The summed E-state index contributed by atoms with van der Waals surface area (Å²) in [5.41, 5.74) is 16.1. The maximum absolute atomic E-state index is 5.65. The third-order valence-corrected chi connectivity index (χ3v) is 13.9. The number of nitrogens with zero attached hydrogens (tertiary/aromatic N) is 3. The molecule has 0 saturated heterocycles. The first-order chi connectivity index (χ1) is 29.7. The Hall–Kier alpha value is -7.40. The minimum absolute atomic E-state index is 0.464. The predicted octanol–water partition coefficient (Wildman–Crippen LogP) is 14.3. The van der Waals surface area contributed by atoms with Crippen LogP contribution < -0.4 is 0 Å². The molecule has 0 N–H and O–H groups in total. The lowest BCUT2D eigenvalue weighted by atomic mass is 9.67. The van der Waals surface area contributed by atoms with E-state index in [1.807, 2.05) is 17.8 Å². The molecule has 4 heteroatoms. The highest BCUT2D eigenvalue weighted by Gasteiger charge is 2.50. The first-order valence-electron chi connectivity index (χ1n) is 20.4. The van der Waals surface area contributed by atoms with Crippen molar-refractivity contribution in [2.75, 3.05) is 0 Å². The number of pyridine rings is 3. The molecule has 0 fully saturated rings. The van der Waals surface area contributed by atoms with Gasteiger partial charge in [-0.1, -0.05) is 182 Å². The highest BCUT2D eigenvalue weighted by atomic mass is 32.2. The number of benzene rings is 8. The molecule has 8 aromatic carbocycles. The summed E-state index contributed by atoms with van der Waals surface area (Å²) in [7, 11) is 0. The van der Waals surface area contributed by atoms with E-state index in [1.54, 1.807) is 0 Å². The van der Waals surface area contributed by atoms with Gasteiger partial charge in [0.15, 0.2) is 0 Å². The molecule has 0 unspecified atom stereocenters. The van der Waals surface area contributed by atoms with Crippen molar-refractivity contribution in [3.63, 3.8) is 0 Å². The molecule has 3 nitrogen and oxygen atoms in total. The molecule has 0 saturated carbocycles. The van der Waals surface area contributed by atoms with Gasteiger partial charge in [0.05, 0.1) is 39.0 Å². The number of aromatic nitrogens is 3. The second kappa shape index (κ2) is 12.8. The van der Waals surface area contributed by atoms with Crippen molar-refractivity contribution in [3.05, 3.63) is 222 Å². The van der Waals surface area contributed by atoms with Crippen LogP contribution in [0.4, 0.5) is 0 Å². The lowest BCUT2D eigenvalue weighted by Crippen LogP contribution is -2.31. The molecule has 4 heterocycles. The molecule has 0 radical (unpaired) electrons. The molecular weight excluding hydrogens is 747 g/mol. The van der Waals surface area contributed by atoms with Crippen molar-refractivity contribution >= 4 is 55.2 Å². The zero-order chi connectivity index (χ0) is 39.4. The van der Waals surface area contributed by atoms with Gasteiger partial charge in [-0.25, -0.2) is 15.0 Å². The van der Waals surface area contributed by atoms with Gasteiger partial charge in [0.25, 0.3) is 0 Å². The van der Waals surface area contributed by atoms with E-state index >= 15 is 0 Å². The fourth-order valence-corrected chi connectivity index (χ4v) is 11.3. The molecule has 0 atom stereocenters. The molecule has 11 aromatic rings. The van der Waals surface area contributed by atoms with E-state index in [0.29, 0.717) is 0 Å². The maximum atomic E-state index is 5.65. The summed E-state index contributed by atoms with van der Waals surface area (Å²) in [5.74, 6) is 0. The molecule has 13 rings (SSSR count). The number of hydrogen-bond donors (Lipinski definition) is 0. The van der Waals surface area contributed by atoms with Crippen LogP contribution >= 0.6 is 11.8 Å². The van der Waals surface area contributed by atoms with Gasteiger partial charge in [-0.05, 0) is 69.1 Å². The second-order valence-electron chi connectivity index (χ2n) is 15.8. The number of rotatable bonds is 3. The Morgan fingerprint density at radius 2 is 0.933 bits per heavy atom. The molecule has 1 spiro atoms. The van der Waals surface area contributed by atoms with E-state index in [0.717, 1.165) is 66.5 Å². The van der Waals surface area contributed by atoms with Gasteiger partial charge in [-0.15, -0.1) is 0 Å². The average molecular weight is 780 g/mol. The number of fused-ring (bicyclic) bond motifs is 16. The van der Waals surface area contributed by atoms with E-state index in [1.165, 1.54) is 53.9 Å². The maximum Gasteiger partial charge on any atom is 0.0972 e. The van der Waals surface area contributed by atoms with Crippen molar-refractivity contribution < 1.29 is 0 Å². The van der Waals surface area contributed by atoms with Gasteiger partial charge in [0, 0.05) is 48.0 Å². The molecule has 60 heavy (non-hydrogen) atoms. The molecule has 0 amide bonds. The highest BCUT2D eigenvalue weighted by molar-refractivity contribution is 7.99. The Labute approximate surface area is 351 Å². The van der Waals surface area contributed by atoms with Crippen molar-refractivity contribution in [1.29, 1.82) is 0 Å². The van der Waals surface area contributed by atoms with Crippen molar-refractivity contribution in [2.45, 2.75) is 15.2 Å². The van der Waals surface area contributed by atoms with Crippen molar-refractivity contribution in [3.8, 4) is 44.9 Å². The van der Waals surface area contributed by atoms with E-state index in [2.05, 4.69) is 194 Å². The molecule has 0 bridgehead atoms. The topological polar surface area (TPSA) is 38.7 Å². The van der Waals surface area contributed by atoms with Gasteiger partial charge in [0.1, 0.15) is 0 Å². The van der Waals surface area contributed by atoms with Crippen LogP contribution in [0.1, 0.15) is 22.3 Å². The van der Waals surface area contributed by atoms with E-state index in [9.17, 15) is 0 Å². The first-order valence-corrected chi connectivity index (χ1v) is 21.3. The smallest absolute Gasteiger partial charge is 0.0972 e. The minimum Gasteiger partial charge on any atom is -0.247 e. The SMILES string of the molecule is c1ccc(-c2ccc3ccc4ccc(-c5ccc6c(c5)nc(-c5ccccc5)c5c7c(ccc56)C5(c6ccccc6Sc6ccccc65)c5ccccc5-7)nc4c3n2)cc1.